The minimum absolute atomic E-state index is 0.0456. The zero-order valence-corrected chi connectivity index (χ0v) is 15.3. The second-order valence-corrected chi connectivity index (χ2v) is 8.44. The summed E-state index contributed by atoms with van der Waals surface area (Å²) in [6, 6.07) is 8.13. The normalized spacial score (nSPS) is 32.4. The van der Waals surface area contributed by atoms with E-state index in [0.717, 1.165) is 37.2 Å². The highest BCUT2D eigenvalue weighted by molar-refractivity contribution is 7.99. The number of carbonyl (C=O) groups excluding carboxylic acids is 2. The van der Waals surface area contributed by atoms with Crippen LogP contribution in [0.15, 0.2) is 24.3 Å². The second kappa shape index (κ2) is 6.65. The Bertz CT molecular complexity index is 670. The molecule has 3 aliphatic rings. The van der Waals surface area contributed by atoms with Gasteiger partial charge in [-0.05, 0) is 37.5 Å². The number of aryl methyl sites for hydroxylation is 1. The van der Waals surface area contributed by atoms with Crippen molar-refractivity contribution in [3.8, 4) is 0 Å². The Hall–Kier alpha value is -1.53. The van der Waals surface area contributed by atoms with Gasteiger partial charge in [-0.3, -0.25) is 9.69 Å². The van der Waals surface area contributed by atoms with Gasteiger partial charge in [0.25, 0.3) is 5.91 Å². The first-order chi connectivity index (χ1) is 12.1. The number of rotatable bonds is 3. The lowest BCUT2D eigenvalue weighted by molar-refractivity contribution is -0.132. The van der Waals surface area contributed by atoms with Gasteiger partial charge in [0.2, 0.25) is 0 Å². The lowest BCUT2D eigenvalue weighted by atomic mass is 9.88. The average molecular weight is 360 g/mol. The van der Waals surface area contributed by atoms with Gasteiger partial charge in [0, 0.05) is 24.8 Å². The van der Waals surface area contributed by atoms with E-state index in [0.29, 0.717) is 12.3 Å². The van der Waals surface area contributed by atoms with Crippen molar-refractivity contribution >= 4 is 23.7 Å². The highest BCUT2D eigenvalue weighted by Crippen LogP contribution is 2.38. The number of amides is 3. The van der Waals surface area contributed by atoms with Crippen LogP contribution in [-0.2, 0) is 9.53 Å². The molecule has 0 aromatic heterocycles. The van der Waals surface area contributed by atoms with Crippen molar-refractivity contribution in [3.05, 3.63) is 35.4 Å². The molecule has 134 valence electrons. The summed E-state index contributed by atoms with van der Waals surface area (Å²) in [6.45, 7) is 3.24. The van der Waals surface area contributed by atoms with Crippen molar-refractivity contribution in [1.29, 1.82) is 0 Å². The lowest BCUT2D eigenvalue weighted by Crippen LogP contribution is -2.47. The van der Waals surface area contributed by atoms with Crippen LogP contribution in [0.3, 0.4) is 0 Å². The summed E-state index contributed by atoms with van der Waals surface area (Å²) in [5.41, 5.74) is 1.69. The molecule has 0 bridgehead atoms. The molecule has 3 heterocycles. The molecule has 6 heteroatoms. The SMILES string of the molecule is Cc1ccc(C2OCCCC2CN2C(=O)NC3(CCSC3)C2=O)cc1. The van der Waals surface area contributed by atoms with Crippen molar-refractivity contribution in [1.82, 2.24) is 10.2 Å². The molecule has 4 rings (SSSR count). The number of ether oxygens (including phenoxy) is 1. The molecular formula is C19H24N2O3S. The largest absolute Gasteiger partial charge is 0.373 e. The zero-order valence-electron chi connectivity index (χ0n) is 14.5. The molecule has 0 saturated carbocycles. The molecule has 5 nitrogen and oxygen atoms in total. The number of imide groups is 1. The van der Waals surface area contributed by atoms with Crippen LogP contribution >= 0.6 is 11.8 Å². The molecule has 3 saturated heterocycles. The molecule has 3 unspecified atom stereocenters. The summed E-state index contributed by atoms with van der Waals surface area (Å²) in [5.74, 6) is 1.72. The third-order valence-corrected chi connectivity index (χ3v) is 6.73. The van der Waals surface area contributed by atoms with E-state index in [-0.39, 0.29) is 24.0 Å². The molecule has 3 fully saturated rings. The van der Waals surface area contributed by atoms with Gasteiger partial charge in [-0.15, -0.1) is 0 Å². The molecule has 3 amide bonds. The van der Waals surface area contributed by atoms with Gasteiger partial charge in [0.05, 0.1) is 6.10 Å². The average Bonchev–Trinajstić information content (AvgIpc) is 3.17. The van der Waals surface area contributed by atoms with E-state index < -0.39 is 5.54 Å². The van der Waals surface area contributed by atoms with E-state index in [1.165, 1.54) is 10.5 Å². The Kier molecular flexibility index (Phi) is 4.50. The first-order valence-corrected chi connectivity index (χ1v) is 10.1. The number of carbonyl (C=O) groups is 2. The van der Waals surface area contributed by atoms with E-state index in [9.17, 15) is 9.59 Å². The molecule has 0 radical (unpaired) electrons. The first kappa shape index (κ1) is 16.9. The summed E-state index contributed by atoms with van der Waals surface area (Å²) in [5, 5.41) is 2.96. The number of nitrogens with zero attached hydrogens (tertiary/aromatic N) is 1. The Labute approximate surface area is 152 Å². The predicted octanol–water partition coefficient (Wildman–Crippen LogP) is 2.89. The predicted molar refractivity (Wildman–Crippen MR) is 97.5 cm³/mol. The monoisotopic (exact) mass is 360 g/mol. The van der Waals surface area contributed by atoms with Gasteiger partial charge in [0.15, 0.2) is 0 Å². The van der Waals surface area contributed by atoms with Crippen LogP contribution < -0.4 is 5.32 Å². The van der Waals surface area contributed by atoms with Crippen molar-refractivity contribution < 1.29 is 14.3 Å². The van der Waals surface area contributed by atoms with Crippen LogP contribution in [0.1, 0.15) is 36.5 Å². The molecule has 1 aromatic carbocycles. The van der Waals surface area contributed by atoms with Gasteiger partial charge in [0.1, 0.15) is 5.54 Å². The van der Waals surface area contributed by atoms with Crippen LogP contribution in [0.2, 0.25) is 0 Å². The number of hydrogen-bond acceptors (Lipinski definition) is 4. The van der Waals surface area contributed by atoms with E-state index in [1.54, 1.807) is 11.8 Å². The minimum Gasteiger partial charge on any atom is -0.373 e. The van der Waals surface area contributed by atoms with Crippen molar-refractivity contribution in [2.45, 2.75) is 37.8 Å². The zero-order chi connectivity index (χ0) is 17.4. The van der Waals surface area contributed by atoms with Crippen LogP contribution in [-0.4, -0.2) is 47.0 Å². The summed E-state index contributed by atoms with van der Waals surface area (Å²) in [6.07, 6.45) is 2.63. The van der Waals surface area contributed by atoms with Gasteiger partial charge < -0.3 is 10.1 Å². The van der Waals surface area contributed by atoms with Crippen molar-refractivity contribution in [2.75, 3.05) is 24.7 Å². The second-order valence-electron chi connectivity index (χ2n) is 7.33. The van der Waals surface area contributed by atoms with Gasteiger partial charge in [-0.1, -0.05) is 29.8 Å². The molecule has 0 aliphatic carbocycles. The Balaban J connectivity index is 1.52. The van der Waals surface area contributed by atoms with Crippen LogP contribution in [0, 0.1) is 12.8 Å². The fourth-order valence-corrected chi connectivity index (χ4v) is 5.39. The van der Waals surface area contributed by atoms with E-state index in [2.05, 4.69) is 36.5 Å². The van der Waals surface area contributed by atoms with Gasteiger partial charge in [-0.2, -0.15) is 11.8 Å². The molecule has 3 atom stereocenters. The Morgan fingerprint density at radius 3 is 2.84 bits per heavy atom. The maximum Gasteiger partial charge on any atom is 0.325 e. The fourth-order valence-electron chi connectivity index (χ4n) is 4.06. The summed E-state index contributed by atoms with van der Waals surface area (Å²) in [4.78, 5) is 26.8. The number of urea groups is 1. The summed E-state index contributed by atoms with van der Waals surface area (Å²) in [7, 11) is 0. The smallest absolute Gasteiger partial charge is 0.325 e. The molecule has 1 N–H and O–H groups in total. The summed E-state index contributed by atoms with van der Waals surface area (Å²) >= 11 is 1.74. The molecule has 25 heavy (non-hydrogen) atoms. The third-order valence-electron chi connectivity index (χ3n) is 5.54. The van der Waals surface area contributed by atoms with Crippen LogP contribution in [0.5, 0.6) is 0 Å². The van der Waals surface area contributed by atoms with Gasteiger partial charge >= 0.3 is 6.03 Å². The van der Waals surface area contributed by atoms with E-state index in [4.69, 9.17) is 4.74 Å². The van der Waals surface area contributed by atoms with E-state index in [1.807, 2.05) is 0 Å². The number of thioether (sulfide) groups is 1. The molecule has 1 spiro atoms. The summed E-state index contributed by atoms with van der Waals surface area (Å²) < 4.78 is 6.04. The highest BCUT2D eigenvalue weighted by Gasteiger charge is 2.53. The number of hydrogen-bond donors (Lipinski definition) is 1. The molecular weight excluding hydrogens is 336 g/mol. The minimum atomic E-state index is -0.656. The topological polar surface area (TPSA) is 58.6 Å². The number of benzene rings is 1. The lowest BCUT2D eigenvalue weighted by Gasteiger charge is -2.34. The quantitative estimate of drug-likeness (QED) is 0.842. The van der Waals surface area contributed by atoms with Crippen LogP contribution in [0.25, 0.3) is 0 Å². The van der Waals surface area contributed by atoms with Crippen molar-refractivity contribution in [3.63, 3.8) is 0 Å². The Morgan fingerprint density at radius 2 is 2.12 bits per heavy atom. The Morgan fingerprint density at radius 1 is 1.32 bits per heavy atom. The fraction of sp³-hybridized carbons (Fsp3) is 0.579. The third kappa shape index (κ3) is 3.06. The van der Waals surface area contributed by atoms with Crippen LogP contribution in [0.4, 0.5) is 4.79 Å². The maximum atomic E-state index is 12.9. The maximum absolute atomic E-state index is 12.9. The standard InChI is InChI=1S/C19H24N2O3S/c1-13-4-6-14(7-5-13)16-15(3-2-9-24-16)11-21-17(22)19(20-18(21)23)8-10-25-12-19/h4-7,15-16H,2-3,8-12H2,1H3,(H,20,23). The van der Waals surface area contributed by atoms with E-state index >= 15 is 0 Å². The molecule has 1 aromatic rings. The highest BCUT2D eigenvalue weighted by atomic mass is 32.2. The first-order valence-electron chi connectivity index (χ1n) is 8.99. The van der Waals surface area contributed by atoms with Gasteiger partial charge in [-0.25, -0.2) is 4.79 Å². The van der Waals surface area contributed by atoms with Crippen molar-refractivity contribution in [2.24, 2.45) is 5.92 Å². The molecule has 3 aliphatic heterocycles. The number of nitrogens with one attached hydrogen (secondary N) is 1.